The van der Waals surface area contributed by atoms with Crippen LogP contribution in [0.4, 0.5) is 5.69 Å². The zero-order valence-corrected chi connectivity index (χ0v) is 22.8. The highest BCUT2D eigenvalue weighted by Gasteiger charge is 2.78. The van der Waals surface area contributed by atoms with Gasteiger partial charge in [-0.1, -0.05) is 43.7 Å². The maximum atomic E-state index is 14.3. The molecule has 0 aromatic heterocycles. The van der Waals surface area contributed by atoms with Crippen molar-refractivity contribution in [1.82, 2.24) is 9.80 Å². The number of likely N-dealkylation sites (tertiary alicyclic amines) is 1. The maximum Gasteiger partial charge on any atom is 0.248 e. The topological polar surface area (TPSA) is 90.4 Å². The van der Waals surface area contributed by atoms with Crippen molar-refractivity contribution in [3.63, 3.8) is 0 Å². The Labute approximate surface area is 225 Å². The minimum Gasteiger partial charge on any atom is -0.395 e. The molecule has 0 saturated carbocycles. The molecule has 8 nitrogen and oxygen atoms in total. The second kappa shape index (κ2) is 11.0. The molecule has 0 radical (unpaired) electrons. The number of aliphatic hydroxyl groups excluding tert-OH is 1. The molecule has 3 saturated heterocycles. The number of ether oxygens (including phenoxy) is 1. The lowest BCUT2D eigenvalue weighted by Crippen LogP contribution is -2.58. The van der Waals surface area contributed by atoms with Crippen molar-refractivity contribution in [3.05, 3.63) is 55.6 Å². The number of nitrogens with zero attached hydrogens (tertiary/aromatic N) is 3. The highest BCUT2D eigenvalue weighted by Crippen LogP contribution is 2.63. The van der Waals surface area contributed by atoms with Crippen LogP contribution in [-0.2, 0) is 19.1 Å². The summed E-state index contributed by atoms with van der Waals surface area (Å²) in [5.74, 6) is -2.29. The van der Waals surface area contributed by atoms with E-state index in [1.54, 1.807) is 22.0 Å². The van der Waals surface area contributed by atoms with Crippen molar-refractivity contribution >= 4 is 23.4 Å². The van der Waals surface area contributed by atoms with Gasteiger partial charge in [-0.2, -0.15) is 0 Å². The van der Waals surface area contributed by atoms with E-state index in [-0.39, 0.29) is 43.5 Å². The Bertz CT molecular complexity index is 1080. The molecule has 3 unspecified atom stereocenters. The Balaban J connectivity index is 1.77. The van der Waals surface area contributed by atoms with Crippen LogP contribution >= 0.6 is 0 Å². The van der Waals surface area contributed by atoms with Gasteiger partial charge in [0.1, 0.15) is 11.6 Å². The van der Waals surface area contributed by atoms with Gasteiger partial charge in [0.05, 0.1) is 24.0 Å². The lowest BCUT2D eigenvalue weighted by Gasteiger charge is -2.38. The number of hydrogen-bond donors (Lipinski definition) is 1. The second-order valence-electron chi connectivity index (χ2n) is 11.0. The number of fused-ring (bicyclic) bond motifs is 1. The fourth-order valence-electron chi connectivity index (χ4n) is 7.01. The summed E-state index contributed by atoms with van der Waals surface area (Å²) < 4.78 is 6.73. The number of carbonyl (C=O) groups is 3. The summed E-state index contributed by atoms with van der Waals surface area (Å²) in [5, 5.41) is 9.88. The average Bonchev–Trinajstić information content (AvgIpc) is 3.47. The van der Waals surface area contributed by atoms with Crippen molar-refractivity contribution in [2.75, 3.05) is 31.1 Å². The smallest absolute Gasteiger partial charge is 0.248 e. The zero-order chi connectivity index (χ0) is 27.7. The van der Waals surface area contributed by atoms with Gasteiger partial charge >= 0.3 is 0 Å². The molecule has 0 aliphatic carbocycles. The van der Waals surface area contributed by atoms with Crippen LogP contribution in [0.15, 0.2) is 55.6 Å². The normalized spacial score (nSPS) is 30.2. The molecule has 6 atom stereocenters. The number of benzene rings is 1. The van der Waals surface area contributed by atoms with Crippen molar-refractivity contribution in [2.24, 2.45) is 11.8 Å². The monoisotopic (exact) mass is 523 g/mol. The van der Waals surface area contributed by atoms with E-state index in [9.17, 15) is 19.5 Å². The third kappa shape index (κ3) is 4.37. The largest absolute Gasteiger partial charge is 0.395 e. The Kier molecular flexibility index (Phi) is 8.14. The average molecular weight is 524 g/mol. The van der Waals surface area contributed by atoms with Gasteiger partial charge in [0, 0.05) is 31.4 Å². The Hall–Kier alpha value is -2.97. The molecular weight excluding hydrogens is 482 g/mol. The fraction of sp³-hybridized carbons (Fsp3) is 0.567. The van der Waals surface area contributed by atoms with E-state index in [0.717, 1.165) is 12.8 Å². The van der Waals surface area contributed by atoms with Gasteiger partial charge < -0.3 is 24.5 Å². The standard InChI is InChI=1S/C30H41N3O5/c1-6-12-21(4)31(17-7-2)28(37)25-30-16-15-29(5,38-30)23(24(30)27(36)33(25)19-20-34)26(35)32(18-8-3)22-13-10-9-11-14-22/h7-11,13-14,21,23-25,34H,2-3,6,12,15-20H2,1,4-5H3/t21?,23-,24+,25?,29+,30?/m1/s1. The van der Waals surface area contributed by atoms with Crippen LogP contribution in [0.3, 0.4) is 0 Å². The lowest BCUT2D eigenvalue weighted by molar-refractivity contribution is -0.153. The van der Waals surface area contributed by atoms with Crippen molar-refractivity contribution < 1.29 is 24.2 Å². The van der Waals surface area contributed by atoms with E-state index in [2.05, 4.69) is 20.1 Å². The van der Waals surface area contributed by atoms with Gasteiger partial charge in [0.2, 0.25) is 17.7 Å². The molecule has 206 valence electrons. The molecule has 3 amide bonds. The van der Waals surface area contributed by atoms with Gasteiger partial charge in [-0.25, -0.2) is 0 Å². The quantitative estimate of drug-likeness (QED) is 0.425. The summed E-state index contributed by atoms with van der Waals surface area (Å²) in [7, 11) is 0. The molecule has 1 N–H and O–H groups in total. The van der Waals surface area contributed by atoms with E-state index in [1.807, 2.05) is 44.2 Å². The number of para-hydroxylation sites is 1. The molecule has 2 bridgehead atoms. The van der Waals surface area contributed by atoms with E-state index < -0.39 is 29.1 Å². The van der Waals surface area contributed by atoms with Crippen molar-refractivity contribution in [1.29, 1.82) is 0 Å². The predicted octanol–water partition coefficient (Wildman–Crippen LogP) is 3.17. The molecular formula is C30H41N3O5. The summed E-state index contributed by atoms with van der Waals surface area (Å²) >= 11 is 0. The van der Waals surface area contributed by atoms with Gasteiger partial charge in [-0.15, -0.1) is 13.2 Å². The van der Waals surface area contributed by atoms with Crippen LogP contribution in [0, 0.1) is 11.8 Å². The Morgan fingerprint density at radius 3 is 2.47 bits per heavy atom. The van der Waals surface area contributed by atoms with E-state index in [1.165, 1.54) is 4.90 Å². The lowest BCUT2D eigenvalue weighted by atomic mass is 9.66. The van der Waals surface area contributed by atoms with Crippen LogP contribution in [0.25, 0.3) is 0 Å². The molecule has 4 rings (SSSR count). The number of aliphatic hydroxyl groups is 1. The predicted molar refractivity (Wildman–Crippen MR) is 146 cm³/mol. The minimum atomic E-state index is -1.12. The fourth-order valence-corrected chi connectivity index (χ4v) is 7.01. The number of β-amino-alcohol motifs (C(OH)–C–C–N with tert-alkyl or cyclic N) is 1. The van der Waals surface area contributed by atoms with Crippen molar-refractivity contribution in [2.45, 2.75) is 69.7 Å². The summed E-state index contributed by atoms with van der Waals surface area (Å²) in [6, 6.07) is 8.37. The van der Waals surface area contributed by atoms with Gasteiger partial charge in [-0.05, 0) is 45.2 Å². The number of rotatable bonds is 12. The highest BCUT2D eigenvalue weighted by molar-refractivity contribution is 6.03. The molecule has 1 aromatic carbocycles. The first-order valence-electron chi connectivity index (χ1n) is 13.7. The van der Waals surface area contributed by atoms with Crippen LogP contribution in [0.2, 0.25) is 0 Å². The first-order chi connectivity index (χ1) is 18.2. The third-order valence-corrected chi connectivity index (χ3v) is 8.61. The molecule has 3 aliphatic rings. The molecule has 1 aromatic rings. The number of anilines is 1. The third-order valence-electron chi connectivity index (χ3n) is 8.61. The Morgan fingerprint density at radius 1 is 1.18 bits per heavy atom. The van der Waals surface area contributed by atoms with Crippen LogP contribution < -0.4 is 4.90 Å². The van der Waals surface area contributed by atoms with Crippen LogP contribution in [0.5, 0.6) is 0 Å². The number of hydrogen-bond acceptors (Lipinski definition) is 5. The van der Waals surface area contributed by atoms with E-state index in [4.69, 9.17) is 4.74 Å². The van der Waals surface area contributed by atoms with E-state index in [0.29, 0.717) is 25.1 Å². The zero-order valence-electron chi connectivity index (χ0n) is 22.8. The highest BCUT2D eigenvalue weighted by atomic mass is 16.5. The van der Waals surface area contributed by atoms with Crippen molar-refractivity contribution in [3.8, 4) is 0 Å². The summed E-state index contributed by atoms with van der Waals surface area (Å²) in [4.78, 5) is 47.5. The van der Waals surface area contributed by atoms with Gasteiger partial charge in [0.25, 0.3) is 0 Å². The molecule has 8 heteroatoms. The maximum absolute atomic E-state index is 14.3. The van der Waals surface area contributed by atoms with Gasteiger partial charge in [-0.3, -0.25) is 14.4 Å². The van der Waals surface area contributed by atoms with E-state index >= 15 is 0 Å². The second-order valence-corrected chi connectivity index (χ2v) is 11.0. The summed E-state index contributed by atoms with van der Waals surface area (Å²) in [6.45, 7) is 14.0. The summed E-state index contributed by atoms with van der Waals surface area (Å²) in [5.41, 5.74) is -1.29. The number of carbonyl (C=O) groups excluding carboxylic acids is 3. The molecule has 3 heterocycles. The van der Waals surface area contributed by atoms with Crippen LogP contribution in [0.1, 0.15) is 46.5 Å². The number of amides is 3. The molecule has 38 heavy (non-hydrogen) atoms. The van der Waals surface area contributed by atoms with Gasteiger partial charge in [0.15, 0.2) is 0 Å². The minimum absolute atomic E-state index is 0.00756. The SMILES string of the molecule is C=CCN(C(=O)[C@H]1[C@H]2C(=O)N(CCO)C(C(=O)N(CC=C)C(C)CCC)C23CC[C@]1(C)O3)c1ccccc1. The molecule has 1 spiro atoms. The first kappa shape index (κ1) is 28.0. The first-order valence-corrected chi connectivity index (χ1v) is 13.7. The molecule has 3 fully saturated rings. The summed E-state index contributed by atoms with van der Waals surface area (Å²) in [6.07, 6.45) is 6.14. The molecule has 3 aliphatic heterocycles. The van der Waals surface area contributed by atoms with Crippen LogP contribution in [-0.4, -0.2) is 82.2 Å². The Morgan fingerprint density at radius 2 is 1.87 bits per heavy atom.